The van der Waals surface area contributed by atoms with Gasteiger partial charge in [-0.25, -0.2) is 4.98 Å². The molecule has 156 valence electrons. The lowest BCUT2D eigenvalue weighted by atomic mass is 10.2. The summed E-state index contributed by atoms with van der Waals surface area (Å²) in [6.07, 6.45) is 1.50. The third-order valence-corrected chi connectivity index (χ3v) is 5.40. The number of hydrogen-bond acceptors (Lipinski definition) is 4. The van der Waals surface area contributed by atoms with Crippen molar-refractivity contribution in [2.45, 2.75) is 19.8 Å². The van der Waals surface area contributed by atoms with Gasteiger partial charge in [-0.1, -0.05) is 78.9 Å². The molecular weight excluding hydrogens is 456 g/mol. The lowest BCUT2D eigenvalue weighted by molar-refractivity contribution is 0.289. The van der Waals surface area contributed by atoms with Crippen LogP contribution in [0.1, 0.15) is 16.7 Å². The molecule has 1 aromatic heterocycles. The zero-order chi connectivity index (χ0) is 21.5. The third-order valence-electron chi connectivity index (χ3n) is 4.72. The normalized spacial score (nSPS) is 10.6. The SMILES string of the molecule is O=c1c(Br)c(OCc2ccccc2)ncn1Cc1ccccc1OCc1ccccc1. The molecule has 0 bridgehead atoms. The molecule has 0 spiro atoms. The molecule has 0 aliphatic heterocycles. The van der Waals surface area contributed by atoms with Gasteiger partial charge < -0.3 is 9.47 Å². The van der Waals surface area contributed by atoms with Gasteiger partial charge in [-0.2, -0.15) is 0 Å². The van der Waals surface area contributed by atoms with Crippen molar-refractivity contribution in [3.63, 3.8) is 0 Å². The van der Waals surface area contributed by atoms with Crippen LogP contribution in [0.2, 0.25) is 0 Å². The van der Waals surface area contributed by atoms with Crippen molar-refractivity contribution >= 4 is 15.9 Å². The van der Waals surface area contributed by atoms with E-state index in [1.807, 2.05) is 84.9 Å². The standard InChI is InChI=1S/C25H21BrN2O3/c26-23-24(31-17-20-11-5-2-6-12-20)27-18-28(25(23)29)15-21-13-7-8-14-22(21)30-16-19-9-3-1-4-10-19/h1-14,18H,15-17H2. The van der Waals surface area contributed by atoms with Crippen LogP contribution in [0.25, 0.3) is 0 Å². The fraction of sp³-hybridized carbons (Fsp3) is 0.120. The van der Waals surface area contributed by atoms with E-state index in [-0.39, 0.29) is 11.4 Å². The van der Waals surface area contributed by atoms with Gasteiger partial charge in [0, 0.05) is 5.56 Å². The highest BCUT2D eigenvalue weighted by Crippen LogP contribution is 2.22. The number of nitrogens with zero attached hydrogens (tertiary/aromatic N) is 2. The van der Waals surface area contributed by atoms with E-state index in [0.29, 0.717) is 24.2 Å². The van der Waals surface area contributed by atoms with Crippen molar-refractivity contribution in [1.82, 2.24) is 9.55 Å². The Bertz CT molecular complexity index is 1190. The Morgan fingerprint density at radius 2 is 1.35 bits per heavy atom. The van der Waals surface area contributed by atoms with Crippen LogP contribution in [0, 0.1) is 0 Å². The Morgan fingerprint density at radius 3 is 2.03 bits per heavy atom. The van der Waals surface area contributed by atoms with Crippen LogP contribution in [0.3, 0.4) is 0 Å². The van der Waals surface area contributed by atoms with Crippen LogP contribution in [-0.4, -0.2) is 9.55 Å². The van der Waals surface area contributed by atoms with Gasteiger partial charge in [-0.3, -0.25) is 9.36 Å². The molecule has 31 heavy (non-hydrogen) atoms. The second-order valence-electron chi connectivity index (χ2n) is 6.95. The Labute approximate surface area is 189 Å². The van der Waals surface area contributed by atoms with Crippen molar-refractivity contribution in [3.05, 3.63) is 123 Å². The number of para-hydroxylation sites is 1. The highest BCUT2D eigenvalue weighted by atomic mass is 79.9. The van der Waals surface area contributed by atoms with E-state index in [2.05, 4.69) is 20.9 Å². The molecule has 5 nitrogen and oxygen atoms in total. The molecule has 6 heteroatoms. The van der Waals surface area contributed by atoms with Gasteiger partial charge in [-0.15, -0.1) is 0 Å². The first kappa shape index (κ1) is 20.9. The van der Waals surface area contributed by atoms with E-state index in [0.717, 1.165) is 22.4 Å². The molecule has 4 rings (SSSR count). The fourth-order valence-corrected chi connectivity index (χ4v) is 3.53. The Hall–Kier alpha value is -3.38. The molecule has 0 unspecified atom stereocenters. The fourth-order valence-electron chi connectivity index (χ4n) is 3.08. The molecule has 0 aliphatic carbocycles. The molecule has 0 saturated carbocycles. The zero-order valence-corrected chi connectivity index (χ0v) is 18.4. The topological polar surface area (TPSA) is 53.3 Å². The highest BCUT2D eigenvalue weighted by Gasteiger charge is 2.13. The van der Waals surface area contributed by atoms with Gasteiger partial charge in [0.2, 0.25) is 5.88 Å². The minimum atomic E-state index is -0.212. The van der Waals surface area contributed by atoms with Gasteiger partial charge in [0.25, 0.3) is 5.56 Å². The molecule has 0 atom stereocenters. The molecule has 1 heterocycles. The van der Waals surface area contributed by atoms with Gasteiger partial charge in [0.1, 0.15) is 29.8 Å². The largest absolute Gasteiger partial charge is 0.489 e. The van der Waals surface area contributed by atoms with Crippen molar-refractivity contribution in [3.8, 4) is 11.6 Å². The second-order valence-corrected chi connectivity index (χ2v) is 7.75. The van der Waals surface area contributed by atoms with Crippen molar-refractivity contribution < 1.29 is 9.47 Å². The smallest absolute Gasteiger partial charge is 0.271 e. The molecule has 4 aromatic rings. The van der Waals surface area contributed by atoms with Gasteiger partial charge in [0.05, 0.1) is 6.54 Å². The van der Waals surface area contributed by atoms with Gasteiger partial charge in [-0.05, 0) is 33.1 Å². The Kier molecular flexibility index (Phi) is 6.79. The van der Waals surface area contributed by atoms with Gasteiger partial charge in [0.15, 0.2) is 0 Å². The first-order chi connectivity index (χ1) is 15.2. The Balaban J connectivity index is 1.48. The first-order valence-electron chi connectivity index (χ1n) is 9.87. The Morgan fingerprint density at radius 1 is 0.774 bits per heavy atom. The summed E-state index contributed by atoms with van der Waals surface area (Å²) in [6, 6.07) is 27.4. The minimum absolute atomic E-state index is 0.212. The van der Waals surface area contributed by atoms with Crippen LogP contribution in [0.4, 0.5) is 0 Å². The maximum atomic E-state index is 12.9. The van der Waals surface area contributed by atoms with E-state index in [1.54, 1.807) is 0 Å². The van der Waals surface area contributed by atoms with E-state index in [1.165, 1.54) is 10.9 Å². The van der Waals surface area contributed by atoms with E-state index in [9.17, 15) is 4.79 Å². The summed E-state index contributed by atoms with van der Waals surface area (Å²) in [7, 11) is 0. The number of hydrogen-bond donors (Lipinski definition) is 0. The van der Waals surface area contributed by atoms with Crippen molar-refractivity contribution in [2.24, 2.45) is 0 Å². The van der Waals surface area contributed by atoms with E-state index in [4.69, 9.17) is 9.47 Å². The first-order valence-corrected chi connectivity index (χ1v) is 10.7. The minimum Gasteiger partial charge on any atom is -0.489 e. The number of aromatic nitrogens is 2. The third kappa shape index (κ3) is 5.41. The lowest BCUT2D eigenvalue weighted by Crippen LogP contribution is -2.23. The number of rotatable bonds is 8. The molecule has 0 radical (unpaired) electrons. The predicted octanol–water partition coefficient (Wildman–Crippen LogP) is 5.21. The highest BCUT2D eigenvalue weighted by molar-refractivity contribution is 9.10. The molecule has 3 aromatic carbocycles. The number of benzene rings is 3. The summed E-state index contributed by atoms with van der Waals surface area (Å²) in [5, 5.41) is 0. The summed E-state index contributed by atoms with van der Waals surface area (Å²) in [5.74, 6) is 1.01. The molecule has 0 amide bonds. The average Bonchev–Trinajstić information content (AvgIpc) is 2.82. The zero-order valence-electron chi connectivity index (χ0n) is 16.8. The monoisotopic (exact) mass is 476 g/mol. The van der Waals surface area contributed by atoms with Crippen molar-refractivity contribution in [2.75, 3.05) is 0 Å². The van der Waals surface area contributed by atoms with E-state index < -0.39 is 0 Å². The molecule has 0 saturated heterocycles. The molecule has 0 N–H and O–H groups in total. The summed E-state index contributed by atoms with van der Waals surface area (Å²) < 4.78 is 13.6. The van der Waals surface area contributed by atoms with Crippen LogP contribution in [0.15, 0.2) is 101 Å². The van der Waals surface area contributed by atoms with E-state index >= 15 is 0 Å². The average molecular weight is 477 g/mol. The number of ether oxygens (including phenoxy) is 2. The maximum Gasteiger partial charge on any atom is 0.271 e. The summed E-state index contributed by atoms with van der Waals surface area (Å²) in [5.41, 5.74) is 2.77. The van der Waals surface area contributed by atoms with Crippen LogP contribution < -0.4 is 15.0 Å². The van der Waals surface area contributed by atoms with Crippen molar-refractivity contribution in [1.29, 1.82) is 0 Å². The predicted molar refractivity (Wildman–Crippen MR) is 123 cm³/mol. The lowest BCUT2D eigenvalue weighted by Gasteiger charge is -2.14. The summed E-state index contributed by atoms with van der Waals surface area (Å²) in [6.45, 7) is 1.14. The van der Waals surface area contributed by atoms with Crippen LogP contribution >= 0.6 is 15.9 Å². The number of halogens is 1. The quantitative estimate of drug-likeness (QED) is 0.350. The summed E-state index contributed by atoms with van der Waals surface area (Å²) in [4.78, 5) is 17.2. The summed E-state index contributed by atoms with van der Waals surface area (Å²) >= 11 is 3.35. The van der Waals surface area contributed by atoms with Gasteiger partial charge >= 0.3 is 0 Å². The molecule has 0 fully saturated rings. The second kappa shape index (κ2) is 10.1. The van der Waals surface area contributed by atoms with Crippen LogP contribution in [-0.2, 0) is 19.8 Å². The molecule has 0 aliphatic rings. The van der Waals surface area contributed by atoms with Crippen LogP contribution in [0.5, 0.6) is 11.6 Å². The molecular formula is C25H21BrN2O3. The maximum absolute atomic E-state index is 12.9.